The topological polar surface area (TPSA) is 83.5 Å². The molecule has 1 rings (SSSR count). The van der Waals surface area contributed by atoms with Crippen LogP contribution in [0.1, 0.15) is 12.5 Å². The minimum Gasteiger partial charge on any atom is -0.480 e. The number of nitrogens with one attached hydrogen (secondary N) is 1. The summed E-state index contributed by atoms with van der Waals surface area (Å²) in [6, 6.07) is 1.69. The van der Waals surface area contributed by atoms with Crippen LogP contribution in [0.2, 0.25) is 10.0 Å². The molecule has 2 N–H and O–H groups in total. The minimum atomic E-state index is -4.08. The van der Waals surface area contributed by atoms with E-state index in [1.54, 1.807) is 13.0 Å². The summed E-state index contributed by atoms with van der Waals surface area (Å²) in [7, 11) is -4.08. The maximum Gasteiger partial charge on any atom is 0.321 e. The number of sulfonamides is 1. The molecule has 18 heavy (non-hydrogen) atoms. The molecule has 0 bridgehead atoms. The molecule has 0 aliphatic heterocycles. The Hall–Kier alpha value is -0.820. The number of hydrogen-bond donors (Lipinski definition) is 2. The van der Waals surface area contributed by atoms with Crippen molar-refractivity contribution >= 4 is 39.2 Å². The van der Waals surface area contributed by atoms with Crippen LogP contribution < -0.4 is 4.72 Å². The largest absolute Gasteiger partial charge is 0.480 e. The molecule has 1 unspecified atom stereocenters. The molecule has 1 aromatic carbocycles. The second kappa shape index (κ2) is 5.44. The second-order valence-corrected chi connectivity index (χ2v) is 6.12. The van der Waals surface area contributed by atoms with E-state index < -0.39 is 22.0 Å². The summed E-state index contributed by atoms with van der Waals surface area (Å²) < 4.78 is 26.0. The third-order valence-corrected chi connectivity index (χ3v) is 4.86. The second-order valence-electron chi connectivity index (χ2n) is 3.69. The molecule has 0 aromatic heterocycles. The van der Waals surface area contributed by atoms with Gasteiger partial charge in [-0.25, -0.2) is 8.42 Å². The summed E-state index contributed by atoms with van der Waals surface area (Å²) in [4.78, 5) is 10.3. The summed E-state index contributed by atoms with van der Waals surface area (Å²) >= 11 is 11.7. The van der Waals surface area contributed by atoms with E-state index >= 15 is 0 Å². The Balaban J connectivity index is 3.29. The Bertz CT molecular complexity index is 586. The van der Waals surface area contributed by atoms with Crippen LogP contribution in [-0.2, 0) is 14.8 Å². The first kappa shape index (κ1) is 15.2. The summed E-state index contributed by atoms with van der Waals surface area (Å²) in [6.45, 7) is 2.83. The zero-order valence-electron chi connectivity index (χ0n) is 9.57. The first-order chi connectivity index (χ1) is 8.16. The molecule has 8 heteroatoms. The molecule has 100 valence electrons. The highest BCUT2D eigenvalue weighted by Crippen LogP contribution is 2.31. The van der Waals surface area contributed by atoms with Crippen molar-refractivity contribution in [2.24, 2.45) is 0 Å². The predicted octanol–water partition coefficient (Wildman–Crippen LogP) is 2.05. The fourth-order valence-corrected chi connectivity index (χ4v) is 3.61. The monoisotopic (exact) mass is 311 g/mol. The Kier molecular flexibility index (Phi) is 4.61. The van der Waals surface area contributed by atoms with Gasteiger partial charge in [-0.1, -0.05) is 29.3 Å². The maximum atomic E-state index is 12.0. The van der Waals surface area contributed by atoms with Gasteiger partial charge in [-0.15, -0.1) is 0 Å². The van der Waals surface area contributed by atoms with Crippen molar-refractivity contribution in [3.63, 3.8) is 0 Å². The molecule has 0 fully saturated rings. The van der Waals surface area contributed by atoms with Crippen LogP contribution >= 0.6 is 23.2 Å². The average Bonchev–Trinajstić information content (AvgIpc) is 2.23. The number of carboxylic acids is 1. The van der Waals surface area contributed by atoms with Gasteiger partial charge < -0.3 is 5.11 Å². The van der Waals surface area contributed by atoms with Crippen molar-refractivity contribution in [1.82, 2.24) is 4.72 Å². The van der Waals surface area contributed by atoms with E-state index in [0.29, 0.717) is 5.56 Å². The molecule has 0 heterocycles. The van der Waals surface area contributed by atoms with Gasteiger partial charge in [0.2, 0.25) is 10.0 Å². The molecule has 1 atom stereocenters. The predicted molar refractivity (Wildman–Crippen MR) is 68.6 cm³/mol. The molecule has 1 aromatic rings. The quantitative estimate of drug-likeness (QED) is 0.891. The number of hydrogen-bond acceptors (Lipinski definition) is 3. The number of benzene rings is 1. The van der Waals surface area contributed by atoms with E-state index in [9.17, 15) is 13.2 Å². The number of carboxylic acid groups (broad SMARTS) is 1. The van der Waals surface area contributed by atoms with Gasteiger partial charge in [0.25, 0.3) is 0 Å². The molecule has 0 aliphatic carbocycles. The first-order valence-corrected chi connectivity index (χ1v) is 7.10. The standard InChI is InChI=1S/C10H11Cl2NO4S/c1-5-3-4-7(11)9(8(5)12)18(16,17)13-6(2)10(14)15/h3-4,6,13H,1-2H3,(H,14,15). The van der Waals surface area contributed by atoms with Gasteiger partial charge in [0.15, 0.2) is 0 Å². The molecule has 0 saturated heterocycles. The van der Waals surface area contributed by atoms with Crippen LogP contribution in [-0.4, -0.2) is 25.5 Å². The molecule has 0 amide bonds. The van der Waals surface area contributed by atoms with Gasteiger partial charge in [0, 0.05) is 0 Å². The van der Waals surface area contributed by atoms with E-state index in [1.807, 2.05) is 4.72 Å². The summed E-state index contributed by atoms with van der Waals surface area (Å²) in [5.41, 5.74) is 0.532. The van der Waals surface area contributed by atoms with E-state index in [4.69, 9.17) is 28.3 Å². The van der Waals surface area contributed by atoms with E-state index in [0.717, 1.165) is 0 Å². The van der Waals surface area contributed by atoms with Crippen LogP contribution in [0.4, 0.5) is 0 Å². The lowest BCUT2D eigenvalue weighted by Gasteiger charge is -2.13. The molecule has 5 nitrogen and oxygen atoms in total. The Morgan fingerprint density at radius 1 is 1.39 bits per heavy atom. The Labute approximate surface area is 115 Å². The highest BCUT2D eigenvalue weighted by molar-refractivity contribution is 7.89. The van der Waals surface area contributed by atoms with Crippen molar-refractivity contribution in [3.05, 3.63) is 27.7 Å². The normalized spacial score (nSPS) is 13.3. The van der Waals surface area contributed by atoms with Crippen molar-refractivity contribution in [3.8, 4) is 0 Å². The molecule has 0 spiro atoms. The van der Waals surface area contributed by atoms with Gasteiger partial charge in [-0.3, -0.25) is 4.79 Å². The van der Waals surface area contributed by atoms with Crippen LogP contribution in [0.3, 0.4) is 0 Å². The molecule has 0 saturated carbocycles. The van der Waals surface area contributed by atoms with Crippen molar-refractivity contribution < 1.29 is 18.3 Å². The number of carbonyl (C=O) groups is 1. The average molecular weight is 312 g/mol. The lowest BCUT2D eigenvalue weighted by Crippen LogP contribution is -2.38. The highest BCUT2D eigenvalue weighted by atomic mass is 35.5. The van der Waals surface area contributed by atoms with Gasteiger partial charge in [-0.05, 0) is 25.5 Å². The van der Waals surface area contributed by atoms with E-state index in [1.165, 1.54) is 13.0 Å². The summed E-state index contributed by atoms with van der Waals surface area (Å²) in [5, 5.41) is 8.61. The van der Waals surface area contributed by atoms with E-state index in [2.05, 4.69) is 0 Å². The van der Waals surface area contributed by atoms with Gasteiger partial charge in [0.05, 0.1) is 10.0 Å². The third-order valence-electron chi connectivity index (χ3n) is 2.21. The minimum absolute atomic E-state index is 0.0208. The Morgan fingerprint density at radius 3 is 2.44 bits per heavy atom. The number of aliphatic carboxylic acids is 1. The van der Waals surface area contributed by atoms with Crippen molar-refractivity contribution in [2.75, 3.05) is 0 Å². The summed E-state index contributed by atoms with van der Waals surface area (Å²) in [6.07, 6.45) is 0. The summed E-state index contributed by atoms with van der Waals surface area (Å²) in [5.74, 6) is -1.29. The van der Waals surface area contributed by atoms with Gasteiger partial charge in [-0.2, -0.15) is 4.72 Å². The maximum absolute atomic E-state index is 12.0. The van der Waals surface area contributed by atoms with Crippen LogP contribution in [0.25, 0.3) is 0 Å². The molecule has 0 aliphatic rings. The Morgan fingerprint density at radius 2 is 1.94 bits per heavy atom. The SMILES string of the molecule is Cc1ccc(Cl)c(S(=O)(=O)NC(C)C(=O)O)c1Cl. The lowest BCUT2D eigenvalue weighted by molar-refractivity contribution is -0.138. The molecular formula is C10H11Cl2NO4S. The van der Waals surface area contributed by atoms with Crippen molar-refractivity contribution in [1.29, 1.82) is 0 Å². The lowest BCUT2D eigenvalue weighted by atomic mass is 10.2. The van der Waals surface area contributed by atoms with Gasteiger partial charge in [0.1, 0.15) is 10.9 Å². The smallest absolute Gasteiger partial charge is 0.321 e. The molecule has 0 radical (unpaired) electrons. The fraction of sp³-hybridized carbons (Fsp3) is 0.300. The van der Waals surface area contributed by atoms with Crippen LogP contribution in [0, 0.1) is 6.92 Å². The third kappa shape index (κ3) is 3.14. The number of halogens is 2. The number of rotatable bonds is 4. The fourth-order valence-electron chi connectivity index (χ4n) is 1.22. The van der Waals surface area contributed by atoms with Crippen LogP contribution in [0.5, 0.6) is 0 Å². The van der Waals surface area contributed by atoms with Crippen molar-refractivity contribution in [2.45, 2.75) is 24.8 Å². The zero-order chi connectivity index (χ0) is 14.1. The zero-order valence-corrected chi connectivity index (χ0v) is 11.9. The van der Waals surface area contributed by atoms with Crippen LogP contribution in [0.15, 0.2) is 17.0 Å². The number of aryl methyl sites for hydroxylation is 1. The first-order valence-electron chi connectivity index (χ1n) is 4.86. The van der Waals surface area contributed by atoms with E-state index in [-0.39, 0.29) is 14.9 Å². The molecular weight excluding hydrogens is 301 g/mol. The highest BCUT2D eigenvalue weighted by Gasteiger charge is 2.26. The van der Waals surface area contributed by atoms with Gasteiger partial charge >= 0.3 is 5.97 Å².